The normalized spacial score (nSPS) is 24.9. The third-order valence-corrected chi connectivity index (χ3v) is 6.09. The van der Waals surface area contributed by atoms with Gasteiger partial charge in [-0.25, -0.2) is 0 Å². The van der Waals surface area contributed by atoms with Crippen LogP contribution in [0.25, 0.3) is 0 Å². The first kappa shape index (κ1) is 16.0. The zero-order chi connectivity index (χ0) is 15.7. The second-order valence-electron chi connectivity index (χ2n) is 6.82. The van der Waals surface area contributed by atoms with Gasteiger partial charge in [-0.2, -0.15) is 0 Å². The van der Waals surface area contributed by atoms with E-state index in [4.69, 9.17) is 4.74 Å². The van der Waals surface area contributed by atoms with E-state index < -0.39 is 0 Å². The Kier molecular flexibility index (Phi) is 4.57. The molecular formula is C17H26N2O2S. The van der Waals surface area contributed by atoms with E-state index in [1.165, 1.54) is 0 Å². The Morgan fingerprint density at radius 2 is 2.14 bits per heavy atom. The lowest BCUT2D eigenvalue weighted by Gasteiger charge is -2.47. The van der Waals surface area contributed by atoms with Crippen LogP contribution in [0.15, 0.2) is 11.4 Å². The molecule has 3 heterocycles. The summed E-state index contributed by atoms with van der Waals surface area (Å²) in [6.07, 6.45) is 4.14. The molecule has 1 aromatic heterocycles. The van der Waals surface area contributed by atoms with Gasteiger partial charge in [-0.3, -0.25) is 4.79 Å². The van der Waals surface area contributed by atoms with E-state index in [2.05, 4.69) is 19.0 Å². The van der Waals surface area contributed by atoms with Crippen molar-refractivity contribution in [1.82, 2.24) is 9.80 Å². The second-order valence-corrected chi connectivity index (χ2v) is 7.94. The zero-order valence-corrected chi connectivity index (χ0v) is 14.6. The Morgan fingerprint density at radius 3 is 2.73 bits per heavy atom. The van der Waals surface area contributed by atoms with Gasteiger partial charge in [0.25, 0.3) is 5.91 Å². The largest absolute Gasteiger partial charge is 0.375 e. The number of carbonyl (C=O) groups excluding carboxylic acids is 1. The Hall–Kier alpha value is -0.910. The number of hydrogen-bond acceptors (Lipinski definition) is 4. The van der Waals surface area contributed by atoms with Gasteiger partial charge in [0.05, 0.1) is 11.2 Å². The molecule has 2 saturated heterocycles. The van der Waals surface area contributed by atoms with E-state index in [1.807, 2.05) is 23.3 Å². The molecular weight excluding hydrogens is 296 g/mol. The molecule has 0 radical (unpaired) electrons. The van der Waals surface area contributed by atoms with E-state index in [9.17, 15) is 4.79 Å². The van der Waals surface area contributed by atoms with Crippen molar-refractivity contribution in [3.05, 3.63) is 21.9 Å². The zero-order valence-electron chi connectivity index (χ0n) is 13.8. The monoisotopic (exact) mass is 322 g/mol. The standard InChI is InChI=1S/C17H26N2O2S/c1-13-15(5-11-22-13)16(20)19-8-6-17(7-9-19)12-14(18(2)3)4-10-21-17/h5,11,14H,4,6-10,12H2,1-3H3. The lowest BCUT2D eigenvalue weighted by Crippen LogP contribution is -2.53. The van der Waals surface area contributed by atoms with E-state index in [0.29, 0.717) is 6.04 Å². The Morgan fingerprint density at radius 1 is 1.41 bits per heavy atom. The quantitative estimate of drug-likeness (QED) is 0.839. The molecule has 0 bridgehead atoms. The molecule has 2 aliphatic rings. The average Bonchev–Trinajstić information content (AvgIpc) is 2.93. The van der Waals surface area contributed by atoms with Gasteiger partial charge in [0.2, 0.25) is 0 Å². The van der Waals surface area contributed by atoms with Gasteiger partial charge in [-0.05, 0) is 58.1 Å². The number of piperidine rings is 1. The molecule has 1 aromatic rings. The number of carbonyl (C=O) groups is 1. The maximum atomic E-state index is 12.6. The van der Waals surface area contributed by atoms with Crippen LogP contribution in [0.4, 0.5) is 0 Å². The number of rotatable bonds is 2. The molecule has 3 rings (SSSR count). The summed E-state index contributed by atoms with van der Waals surface area (Å²) in [5, 5.41) is 2.00. The lowest BCUT2D eigenvalue weighted by atomic mass is 9.82. The molecule has 2 fully saturated rings. The number of aryl methyl sites for hydroxylation is 1. The molecule has 122 valence electrons. The number of likely N-dealkylation sites (tertiary alicyclic amines) is 1. The predicted molar refractivity (Wildman–Crippen MR) is 89.6 cm³/mol. The fourth-order valence-electron chi connectivity index (χ4n) is 3.69. The molecule has 2 aliphatic heterocycles. The van der Waals surface area contributed by atoms with Crippen molar-refractivity contribution >= 4 is 17.2 Å². The van der Waals surface area contributed by atoms with Crippen LogP contribution in [0, 0.1) is 6.92 Å². The van der Waals surface area contributed by atoms with Crippen molar-refractivity contribution in [2.24, 2.45) is 0 Å². The minimum atomic E-state index is -0.00629. The molecule has 1 unspecified atom stereocenters. The molecule has 0 aromatic carbocycles. The van der Waals surface area contributed by atoms with Crippen molar-refractivity contribution in [3.8, 4) is 0 Å². The highest BCUT2D eigenvalue weighted by atomic mass is 32.1. The van der Waals surface area contributed by atoms with Gasteiger partial charge in [0.15, 0.2) is 0 Å². The summed E-state index contributed by atoms with van der Waals surface area (Å²) in [5.74, 6) is 0.188. The molecule has 1 atom stereocenters. The summed E-state index contributed by atoms with van der Waals surface area (Å²) >= 11 is 1.64. The SMILES string of the molecule is Cc1sccc1C(=O)N1CCC2(CC1)CC(N(C)C)CCO2. The Balaban J connectivity index is 1.63. The lowest BCUT2D eigenvalue weighted by molar-refractivity contribution is -0.125. The van der Waals surface area contributed by atoms with Gasteiger partial charge in [-0.15, -0.1) is 11.3 Å². The van der Waals surface area contributed by atoms with E-state index in [0.717, 1.165) is 55.8 Å². The summed E-state index contributed by atoms with van der Waals surface area (Å²) < 4.78 is 6.17. The number of nitrogens with zero attached hydrogens (tertiary/aromatic N) is 2. The van der Waals surface area contributed by atoms with Crippen molar-refractivity contribution < 1.29 is 9.53 Å². The Labute approximate surface area is 137 Å². The topological polar surface area (TPSA) is 32.8 Å². The summed E-state index contributed by atoms with van der Waals surface area (Å²) in [6.45, 7) is 4.50. The van der Waals surface area contributed by atoms with E-state index >= 15 is 0 Å². The fourth-order valence-corrected chi connectivity index (χ4v) is 4.38. The van der Waals surface area contributed by atoms with E-state index in [1.54, 1.807) is 11.3 Å². The van der Waals surface area contributed by atoms with Crippen LogP contribution in [0.3, 0.4) is 0 Å². The number of ether oxygens (including phenoxy) is 1. The van der Waals surface area contributed by atoms with Crippen LogP contribution < -0.4 is 0 Å². The molecule has 0 aliphatic carbocycles. The van der Waals surface area contributed by atoms with Crippen LogP contribution in [0.5, 0.6) is 0 Å². The van der Waals surface area contributed by atoms with Gasteiger partial charge < -0.3 is 14.5 Å². The first-order chi connectivity index (χ1) is 10.5. The van der Waals surface area contributed by atoms with Crippen LogP contribution in [-0.2, 0) is 4.74 Å². The van der Waals surface area contributed by atoms with Crippen molar-refractivity contribution in [2.45, 2.75) is 44.2 Å². The van der Waals surface area contributed by atoms with Crippen molar-refractivity contribution in [1.29, 1.82) is 0 Å². The van der Waals surface area contributed by atoms with Crippen molar-refractivity contribution in [2.75, 3.05) is 33.8 Å². The van der Waals surface area contributed by atoms with Gasteiger partial charge in [0, 0.05) is 30.6 Å². The molecule has 1 amide bonds. The first-order valence-corrected chi connectivity index (χ1v) is 9.02. The highest BCUT2D eigenvalue weighted by Gasteiger charge is 2.41. The van der Waals surface area contributed by atoms with Gasteiger partial charge >= 0.3 is 0 Å². The molecule has 4 nitrogen and oxygen atoms in total. The molecule has 5 heteroatoms. The highest BCUT2D eigenvalue weighted by Crippen LogP contribution is 2.36. The maximum absolute atomic E-state index is 12.6. The minimum Gasteiger partial charge on any atom is -0.375 e. The summed E-state index contributed by atoms with van der Waals surface area (Å²) in [4.78, 5) is 18.0. The number of amides is 1. The Bertz CT molecular complexity index is 533. The average molecular weight is 322 g/mol. The highest BCUT2D eigenvalue weighted by molar-refractivity contribution is 7.10. The van der Waals surface area contributed by atoms with Crippen LogP contribution in [0.1, 0.15) is 40.9 Å². The van der Waals surface area contributed by atoms with Gasteiger partial charge in [-0.1, -0.05) is 0 Å². The third-order valence-electron chi connectivity index (χ3n) is 5.25. The third kappa shape index (κ3) is 3.07. The maximum Gasteiger partial charge on any atom is 0.254 e. The van der Waals surface area contributed by atoms with Crippen LogP contribution >= 0.6 is 11.3 Å². The fraction of sp³-hybridized carbons (Fsp3) is 0.706. The van der Waals surface area contributed by atoms with Crippen LogP contribution in [-0.4, -0.2) is 61.1 Å². The predicted octanol–water partition coefficient (Wildman–Crippen LogP) is 2.77. The number of hydrogen-bond donors (Lipinski definition) is 0. The molecule has 0 N–H and O–H groups in total. The van der Waals surface area contributed by atoms with Gasteiger partial charge in [0.1, 0.15) is 0 Å². The molecule has 0 saturated carbocycles. The molecule has 1 spiro atoms. The number of thiophene rings is 1. The van der Waals surface area contributed by atoms with Crippen molar-refractivity contribution in [3.63, 3.8) is 0 Å². The summed E-state index contributed by atoms with van der Waals surface area (Å²) in [5.41, 5.74) is 0.866. The first-order valence-electron chi connectivity index (χ1n) is 8.14. The minimum absolute atomic E-state index is 0.00629. The summed E-state index contributed by atoms with van der Waals surface area (Å²) in [6, 6.07) is 2.56. The molecule has 22 heavy (non-hydrogen) atoms. The summed E-state index contributed by atoms with van der Waals surface area (Å²) in [7, 11) is 4.31. The van der Waals surface area contributed by atoms with E-state index in [-0.39, 0.29) is 11.5 Å². The second kappa shape index (κ2) is 6.30. The smallest absolute Gasteiger partial charge is 0.254 e. The van der Waals surface area contributed by atoms with Crippen LogP contribution in [0.2, 0.25) is 0 Å².